The summed E-state index contributed by atoms with van der Waals surface area (Å²) in [7, 11) is 0. The summed E-state index contributed by atoms with van der Waals surface area (Å²) in [6, 6.07) is 10.3. The van der Waals surface area contributed by atoms with Crippen LogP contribution < -0.4 is 0 Å². The number of ether oxygens (including phenoxy) is 1. The highest BCUT2D eigenvalue weighted by atomic mass is 16.7. The Morgan fingerprint density at radius 2 is 1.95 bits per heavy atom. The number of fused-ring (bicyclic) bond motifs is 1. The smallest absolute Gasteiger partial charge is 0.450 e. The number of ketones is 1. The van der Waals surface area contributed by atoms with E-state index >= 15 is 0 Å². The number of nitrogens with zero attached hydrogens (tertiary/aromatic N) is 1. The van der Waals surface area contributed by atoms with Crippen molar-refractivity contribution in [1.29, 1.82) is 0 Å². The fraction of sp³-hybridized carbons (Fsp3) is 0.176. The molecule has 110 valence electrons. The molecule has 0 aliphatic carbocycles. The van der Waals surface area contributed by atoms with Gasteiger partial charge in [-0.05, 0) is 36.4 Å². The molecule has 0 spiro atoms. The summed E-state index contributed by atoms with van der Waals surface area (Å²) < 4.78 is 6.64. The molecular weight excluding hydrogens is 282 g/mol. The lowest BCUT2D eigenvalue weighted by Gasteiger charge is -2.07. The largest absolute Gasteiger partial charge is 0.506 e. The molecule has 1 unspecified atom stereocenters. The fourth-order valence-corrected chi connectivity index (χ4v) is 2.71. The molecule has 1 aliphatic heterocycles. The minimum Gasteiger partial charge on any atom is -0.450 e. The normalized spacial score (nSPS) is 15.9. The van der Waals surface area contributed by atoms with Crippen LogP contribution in [-0.2, 0) is 11.3 Å². The first-order valence-corrected chi connectivity index (χ1v) is 6.80. The van der Waals surface area contributed by atoms with Gasteiger partial charge in [0.1, 0.15) is 6.10 Å². The molecule has 1 aliphatic rings. The van der Waals surface area contributed by atoms with Crippen LogP contribution in [0.2, 0.25) is 0 Å². The molecule has 0 radical (unpaired) electrons. The lowest BCUT2D eigenvalue weighted by atomic mass is 10.1. The molecule has 2 aromatic rings. The zero-order valence-corrected chi connectivity index (χ0v) is 11.7. The summed E-state index contributed by atoms with van der Waals surface area (Å²) in [4.78, 5) is 23.2. The predicted octanol–water partition coefficient (Wildman–Crippen LogP) is 2.84. The second kappa shape index (κ2) is 5.41. The van der Waals surface area contributed by atoms with E-state index in [1.165, 1.54) is 0 Å². The summed E-state index contributed by atoms with van der Waals surface area (Å²) in [5.41, 5.74) is 2.50. The van der Waals surface area contributed by atoms with Crippen molar-refractivity contribution < 1.29 is 19.4 Å². The molecule has 1 aromatic heterocycles. The summed E-state index contributed by atoms with van der Waals surface area (Å²) in [5, 5.41) is 8.73. The second-order valence-corrected chi connectivity index (χ2v) is 5.01. The maximum atomic E-state index is 12.6. The number of hydrogen-bond donors (Lipinski definition) is 1. The minimum absolute atomic E-state index is 0.120. The highest BCUT2D eigenvalue weighted by Gasteiger charge is 2.29. The summed E-state index contributed by atoms with van der Waals surface area (Å²) in [6.45, 7) is 0.559. The predicted molar refractivity (Wildman–Crippen MR) is 78.7 cm³/mol. The van der Waals surface area contributed by atoms with Crippen LogP contribution in [0.25, 0.3) is 0 Å². The van der Waals surface area contributed by atoms with Crippen LogP contribution in [0.1, 0.15) is 39.8 Å². The Bertz CT molecular complexity index is 780. The summed E-state index contributed by atoms with van der Waals surface area (Å²) in [6.07, 6.45) is 4.02. The highest BCUT2D eigenvalue weighted by molar-refractivity contribution is 6.08. The molecule has 22 heavy (non-hydrogen) atoms. The Morgan fingerprint density at radius 1 is 1.23 bits per heavy atom. The quantitative estimate of drug-likeness (QED) is 0.537. The van der Waals surface area contributed by atoms with Crippen LogP contribution in [0.3, 0.4) is 0 Å². The van der Waals surface area contributed by atoms with Crippen molar-refractivity contribution in [3.8, 4) is 12.3 Å². The zero-order valence-electron chi connectivity index (χ0n) is 11.7. The first kappa shape index (κ1) is 14.0. The Kier molecular flexibility index (Phi) is 3.43. The van der Waals surface area contributed by atoms with Crippen molar-refractivity contribution in [1.82, 2.24) is 4.57 Å². The Labute approximate surface area is 127 Å². The number of carbonyl (C=O) groups is 2. The number of aromatic nitrogens is 1. The lowest BCUT2D eigenvalue weighted by Crippen LogP contribution is -2.09. The molecule has 1 N–H and O–H groups in total. The first-order chi connectivity index (χ1) is 10.6. The molecule has 0 fully saturated rings. The Morgan fingerprint density at radius 3 is 2.59 bits per heavy atom. The standard InChI is InChI=1S/C17H13NO4/c1-2-11-3-5-12(6-4-11)16(19)14-8-7-13-15(22-17(20)21)9-10-18(13)14/h1,3-8,15H,9-10H2,(H,20,21). The third-order valence-corrected chi connectivity index (χ3v) is 3.75. The van der Waals surface area contributed by atoms with Gasteiger partial charge in [-0.1, -0.05) is 5.92 Å². The molecule has 1 atom stereocenters. The van der Waals surface area contributed by atoms with Crippen molar-refractivity contribution in [3.63, 3.8) is 0 Å². The summed E-state index contributed by atoms with van der Waals surface area (Å²) in [5.74, 6) is 2.39. The molecule has 3 rings (SSSR count). The third-order valence-electron chi connectivity index (χ3n) is 3.75. The van der Waals surface area contributed by atoms with E-state index in [0.717, 1.165) is 0 Å². The van der Waals surface area contributed by atoms with E-state index < -0.39 is 12.3 Å². The van der Waals surface area contributed by atoms with Gasteiger partial charge in [0.05, 0.1) is 11.4 Å². The third kappa shape index (κ3) is 2.35. The fourth-order valence-electron chi connectivity index (χ4n) is 2.71. The average Bonchev–Trinajstić information content (AvgIpc) is 3.09. The van der Waals surface area contributed by atoms with E-state index in [0.29, 0.717) is 35.5 Å². The van der Waals surface area contributed by atoms with E-state index in [2.05, 4.69) is 5.92 Å². The Hall–Kier alpha value is -3.00. The van der Waals surface area contributed by atoms with Crippen molar-refractivity contribution in [2.45, 2.75) is 19.1 Å². The average molecular weight is 295 g/mol. The number of carboxylic acid groups (broad SMARTS) is 1. The van der Waals surface area contributed by atoms with Gasteiger partial charge in [0.25, 0.3) is 0 Å². The van der Waals surface area contributed by atoms with Crippen LogP contribution in [-0.4, -0.2) is 21.6 Å². The number of rotatable bonds is 3. The van der Waals surface area contributed by atoms with Gasteiger partial charge in [0, 0.05) is 24.1 Å². The SMILES string of the molecule is C#Cc1ccc(C(=O)c2ccc3n2CCC3OC(=O)O)cc1. The van der Waals surface area contributed by atoms with Crippen LogP contribution in [0.15, 0.2) is 36.4 Å². The maximum Gasteiger partial charge on any atom is 0.506 e. The number of benzene rings is 1. The maximum absolute atomic E-state index is 12.6. The van der Waals surface area contributed by atoms with E-state index in [1.54, 1.807) is 36.4 Å². The van der Waals surface area contributed by atoms with Gasteiger partial charge in [-0.15, -0.1) is 6.42 Å². The summed E-state index contributed by atoms with van der Waals surface area (Å²) >= 11 is 0. The second-order valence-electron chi connectivity index (χ2n) is 5.01. The van der Waals surface area contributed by atoms with E-state index in [9.17, 15) is 9.59 Å². The van der Waals surface area contributed by atoms with Gasteiger partial charge >= 0.3 is 6.16 Å². The van der Waals surface area contributed by atoms with Crippen LogP contribution in [0.5, 0.6) is 0 Å². The Balaban J connectivity index is 1.89. The lowest BCUT2D eigenvalue weighted by molar-refractivity contribution is 0.0519. The van der Waals surface area contributed by atoms with E-state index in [4.69, 9.17) is 16.3 Å². The molecule has 5 nitrogen and oxygen atoms in total. The van der Waals surface area contributed by atoms with Gasteiger partial charge in [-0.3, -0.25) is 4.79 Å². The molecule has 0 saturated heterocycles. The molecule has 1 aromatic carbocycles. The number of hydrogen-bond acceptors (Lipinski definition) is 3. The van der Waals surface area contributed by atoms with Crippen LogP contribution >= 0.6 is 0 Å². The van der Waals surface area contributed by atoms with Gasteiger partial charge < -0.3 is 14.4 Å². The van der Waals surface area contributed by atoms with Gasteiger partial charge in [0.2, 0.25) is 5.78 Å². The van der Waals surface area contributed by atoms with E-state index in [1.807, 2.05) is 4.57 Å². The van der Waals surface area contributed by atoms with Gasteiger partial charge in [-0.2, -0.15) is 0 Å². The van der Waals surface area contributed by atoms with Crippen molar-refractivity contribution in [3.05, 3.63) is 58.9 Å². The molecule has 0 bridgehead atoms. The first-order valence-electron chi connectivity index (χ1n) is 6.80. The molecule has 2 heterocycles. The van der Waals surface area contributed by atoms with Crippen molar-refractivity contribution >= 4 is 11.9 Å². The minimum atomic E-state index is -1.31. The topological polar surface area (TPSA) is 68.5 Å². The number of carbonyl (C=O) groups excluding carboxylic acids is 1. The molecule has 0 saturated carbocycles. The van der Waals surface area contributed by atoms with E-state index in [-0.39, 0.29) is 5.78 Å². The van der Waals surface area contributed by atoms with Gasteiger partial charge in [0.15, 0.2) is 0 Å². The number of terminal acetylenes is 1. The van der Waals surface area contributed by atoms with Crippen LogP contribution in [0.4, 0.5) is 4.79 Å². The molecule has 5 heteroatoms. The van der Waals surface area contributed by atoms with Crippen molar-refractivity contribution in [2.75, 3.05) is 0 Å². The monoisotopic (exact) mass is 295 g/mol. The molecule has 0 amide bonds. The molecular formula is C17H13NO4. The van der Waals surface area contributed by atoms with Crippen molar-refractivity contribution in [2.24, 2.45) is 0 Å². The zero-order chi connectivity index (χ0) is 15.7. The van der Waals surface area contributed by atoms with Crippen LogP contribution in [0, 0.1) is 12.3 Å². The van der Waals surface area contributed by atoms with Gasteiger partial charge in [-0.25, -0.2) is 4.79 Å². The highest BCUT2D eigenvalue weighted by Crippen LogP contribution is 2.32.